The summed E-state index contributed by atoms with van der Waals surface area (Å²) in [4.78, 5) is 19.6. The summed E-state index contributed by atoms with van der Waals surface area (Å²) in [6.45, 7) is 1.15. The Bertz CT molecular complexity index is 923. The molecular weight excluding hydrogens is 340 g/mol. The van der Waals surface area contributed by atoms with Crippen molar-refractivity contribution in [1.29, 1.82) is 0 Å². The highest BCUT2D eigenvalue weighted by Gasteiger charge is 2.30. The minimum Gasteiger partial charge on any atom is -0.377 e. The number of carbonyl (C=O) groups excluding carboxylic acids is 1. The van der Waals surface area contributed by atoms with Gasteiger partial charge in [-0.15, -0.1) is 0 Å². The molecule has 0 spiro atoms. The Hall–Kier alpha value is -2.99. The van der Waals surface area contributed by atoms with Crippen molar-refractivity contribution in [1.82, 2.24) is 20.1 Å². The van der Waals surface area contributed by atoms with Gasteiger partial charge in [0.2, 0.25) is 0 Å². The fourth-order valence-corrected chi connectivity index (χ4v) is 3.61. The average Bonchev–Trinajstić information content (AvgIpc) is 3.38. The summed E-state index contributed by atoms with van der Waals surface area (Å²) in [7, 11) is 1.61. The van der Waals surface area contributed by atoms with Gasteiger partial charge in [0.1, 0.15) is 6.61 Å². The standard InChI is InChI=1S/C21H22N4O2/c1-27-14-19-22-20(24-23-19)16-9-5-10-17(13-16)21(26)25-12-6-11-18(25)15-7-3-2-4-8-15/h2-5,7-10,13,18H,6,11-12,14H2,1H3,(H,22,23,24). The van der Waals surface area contributed by atoms with Gasteiger partial charge >= 0.3 is 0 Å². The maximum atomic E-state index is 13.2. The van der Waals surface area contributed by atoms with E-state index in [1.165, 1.54) is 5.56 Å². The summed E-state index contributed by atoms with van der Waals surface area (Å²) in [5, 5.41) is 7.08. The van der Waals surface area contributed by atoms with Crippen LogP contribution in [0.15, 0.2) is 54.6 Å². The number of nitrogens with one attached hydrogen (secondary N) is 1. The zero-order valence-electron chi connectivity index (χ0n) is 15.3. The van der Waals surface area contributed by atoms with E-state index in [0.29, 0.717) is 23.8 Å². The number of hydrogen-bond donors (Lipinski definition) is 1. The molecule has 0 radical (unpaired) electrons. The van der Waals surface area contributed by atoms with Gasteiger partial charge in [-0.3, -0.25) is 9.89 Å². The molecule has 1 N–H and O–H groups in total. The van der Waals surface area contributed by atoms with Gasteiger partial charge < -0.3 is 9.64 Å². The molecule has 1 unspecified atom stereocenters. The molecule has 0 bridgehead atoms. The van der Waals surface area contributed by atoms with Crippen molar-refractivity contribution in [2.75, 3.05) is 13.7 Å². The molecule has 1 aliphatic heterocycles. The second-order valence-electron chi connectivity index (χ2n) is 6.69. The Labute approximate surface area is 158 Å². The van der Waals surface area contributed by atoms with E-state index in [1.807, 2.05) is 47.4 Å². The maximum Gasteiger partial charge on any atom is 0.254 e. The van der Waals surface area contributed by atoms with Crippen molar-refractivity contribution in [2.45, 2.75) is 25.5 Å². The largest absolute Gasteiger partial charge is 0.377 e. The summed E-state index contributed by atoms with van der Waals surface area (Å²) >= 11 is 0. The lowest BCUT2D eigenvalue weighted by Gasteiger charge is -2.25. The van der Waals surface area contributed by atoms with Crippen molar-refractivity contribution in [3.63, 3.8) is 0 Å². The van der Waals surface area contributed by atoms with E-state index in [0.717, 1.165) is 24.9 Å². The zero-order chi connectivity index (χ0) is 18.6. The van der Waals surface area contributed by atoms with E-state index >= 15 is 0 Å². The van der Waals surface area contributed by atoms with Gasteiger partial charge in [0, 0.05) is 24.8 Å². The Morgan fingerprint density at radius 3 is 2.89 bits per heavy atom. The third kappa shape index (κ3) is 3.61. The molecule has 1 aliphatic rings. The molecule has 1 saturated heterocycles. The van der Waals surface area contributed by atoms with E-state index in [-0.39, 0.29) is 11.9 Å². The van der Waals surface area contributed by atoms with Crippen LogP contribution in [0.2, 0.25) is 0 Å². The second-order valence-corrected chi connectivity index (χ2v) is 6.69. The summed E-state index contributed by atoms with van der Waals surface area (Å²) in [6.07, 6.45) is 2.02. The summed E-state index contributed by atoms with van der Waals surface area (Å²) in [5.41, 5.74) is 2.67. The monoisotopic (exact) mass is 362 g/mol. The number of hydrogen-bond acceptors (Lipinski definition) is 4. The lowest BCUT2D eigenvalue weighted by Crippen LogP contribution is -2.30. The van der Waals surface area contributed by atoms with E-state index in [1.54, 1.807) is 7.11 Å². The smallest absolute Gasteiger partial charge is 0.254 e. The molecular formula is C21H22N4O2. The molecule has 1 aromatic heterocycles. The second kappa shape index (κ2) is 7.72. The van der Waals surface area contributed by atoms with Crippen LogP contribution in [0.4, 0.5) is 0 Å². The molecule has 1 amide bonds. The number of nitrogens with zero attached hydrogens (tertiary/aromatic N) is 3. The van der Waals surface area contributed by atoms with Crippen LogP contribution >= 0.6 is 0 Å². The Morgan fingerprint density at radius 2 is 2.07 bits per heavy atom. The molecule has 6 heteroatoms. The van der Waals surface area contributed by atoms with Crippen LogP contribution in [0.5, 0.6) is 0 Å². The van der Waals surface area contributed by atoms with Crippen molar-refractivity contribution in [2.24, 2.45) is 0 Å². The number of methoxy groups -OCH3 is 1. The Kier molecular flexibility index (Phi) is 4.98. The molecule has 138 valence electrons. The number of ether oxygens (including phenoxy) is 1. The van der Waals surface area contributed by atoms with E-state index in [9.17, 15) is 4.79 Å². The maximum absolute atomic E-state index is 13.2. The van der Waals surface area contributed by atoms with Crippen LogP contribution in [0.25, 0.3) is 11.4 Å². The zero-order valence-corrected chi connectivity index (χ0v) is 15.3. The average molecular weight is 362 g/mol. The normalized spacial score (nSPS) is 16.6. The van der Waals surface area contributed by atoms with Gasteiger partial charge in [0.15, 0.2) is 11.6 Å². The van der Waals surface area contributed by atoms with E-state index in [4.69, 9.17) is 4.74 Å². The van der Waals surface area contributed by atoms with Crippen LogP contribution in [-0.2, 0) is 11.3 Å². The number of H-pyrrole nitrogens is 1. The highest BCUT2D eigenvalue weighted by molar-refractivity contribution is 5.95. The fourth-order valence-electron chi connectivity index (χ4n) is 3.61. The van der Waals surface area contributed by atoms with E-state index < -0.39 is 0 Å². The molecule has 6 nitrogen and oxygen atoms in total. The third-order valence-electron chi connectivity index (χ3n) is 4.88. The van der Waals surface area contributed by atoms with Crippen molar-refractivity contribution < 1.29 is 9.53 Å². The summed E-state index contributed by atoms with van der Waals surface area (Å²) in [5.74, 6) is 1.28. The minimum absolute atomic E-state index is 0.0517. The van der Waals surface area contributed by atoms with Crippen LogP contribution in [-0.4, -0.2) is 39.6 Å². The van der Waals surface area contributed by atoms with Crippen molar-refractivity contribution >= 4 is 5.91 Å². The number of rotatable bonds is 5. The number of amides is 1. The predicted octanol–water partition coefficient (Wildman–Crippen LogP) is 3.60. The first-order valence-corrected chi connectivity index (χ1v) is 9.13. The van der Waals surface area contributed by atoms with Crippen LogP contribution in [0.1, 0.15) is 40.6 Å². The first-order valence-electron chi connectivity index (χ1n) is 9.13. The van der Waals surface area contributed by atoms with Gasteiger partial charge in [-0.05, 0) is 30.5 Å². The number of aromatic amines is 1. The predicted molar refractivity (Wildman–Crippen MR) is 102 cm³/mol. The third-order valence-corrected chi connectivity index (χ3v) is 4.88. The van der Waals surface area contributed by atoms with Crippen LogP contribution in [0.3, 0.4) is 0 Å². The van der Waals surface area contributed by atoms with Crippen molar-refractivity contribution in [3.8, 4) is 11.4 Å². The number of aromatic nitrogens is 3. The molecule has 2 heterocycles. The lowest BCUT2D eigenvalue weighted by atomic mass is 10.0. The molecule has 1 fully saturated rings. The lowest BCUT2D eigenvalue weighted by molar-refractivity contribution is 0.0735. The number of likely N-dealkylation sites (tertiary alicyclic amines) is 1. The highest BCUT2D eigenvalue weighted by atomic mass is 16.5. The molecule has 3 aromatic rings. The van der Waals surface area contributed by atoms with Crippen molar-refractivity contribution in [3.05, 3.63) is 71.5 Å². The summed E-state index contributed by atoms with van der Waals surface area (Å²) in [6, 6.07) is 17.9. The Morgan fingerprint density at radius 1 is 1.22 bits per heavy atom. The Balaban J connectivity index is 1.58. The quantitative estimate of drug-likeness (QED) is 0.753. The van der Waals surface area contributed by atoms with Gasteiger partial charge in [-0.1, -0.05) is 42.5 Å². The van der Waals surface area contributed by atoms with Gasteiger partial charge in [0.05, 0.1) is 6.04 Å². The molecule has 27 heavy (non-hydrogen) atoms. The van der Waals surface area contributed by atoms with Gasteiger partial charge in [-0.2, -0.15) is 5.10 Å². The first-order chi connectivity index (χ1) is 13.3. The van der Waals surface area contributed by atoms with E-state index in [2.05, 4.69) is 27.3 Å². The minimum atomic E-state index is 0.0517. The molecule has 0 aliphatic carbocycles. The van der Waals surface area contributed by atoms with Gasteiger partial charge in [-0.25, -0.2) is 4.98 Å². The SMILES string of the molecule is COCc1nc(-c2cccc(C(=O)N3CCCC3c3ccccc3)c2)n[nH]1. The van der Waals surface area contributed by atoms with Crippen LogP contribution < -0.4 is 0 Å². The summed E-state index contributed by atoms with van der Waals surface area (Å²) < 4.78 is 5.07. The molecule has 4 rings (SSSR count). The van der Waals surface area contributed by atoms with Gasteiger partial charge in [0.25, 0.3) is 5.91 Å². The molecule has 0 saturated carbocycles. The molecule has 1 atom stereocenters. The highest BCUT2D eigenvalue weighted by Crippen LogP contribution is 2.33. The topological polar surface area (TPSA) is 71.1 Å². The van der Waals surface area contributed by atoms with Crippen LogP contribution in [0, 0.1) is 0 Å². The molecule has 2 aromatic carbocycles. The fraction of sp³-hybridized carbons (Fsp3) is 0.286. The first kappa shape index (κ1) is 17.4. The number of benzene rings is 2. The number of carbonyl (C=O) groups is 1.